The molecule has 1 N–H and O–H groups in total. The minimum atomic E-state index is -0.640. The minimum Gasteiger partial charge on any atom is -0.479 e. The fraction of sp³-hybridized carbons (Fsp3) is 0.143. The van der Waals surface area contributed by atoms with Gasteiger partial charge in [-0.1, -0.05) is 71.4 Å². The first-order valence-corrected chi connectivity index (χ1v) is 10.1. The second kappa shape index (κ2) is 9.15. The van der Waals surface area contributed by atoms with Gasteiger partial charge in [0.2, 0.25) is 0 Å². The fourth-order valence-electron chi connectivity index (χ4n) is 2.60. The van der Waals surface area contributed by atoms with Crippen molar-refractivity contribution in [2.75, 3.05) is 0 Å². The number of ether oxygens (including phenoxy) is 1. The molecule has 3 aromatic carbocycles. The quantitative estimate of drug-likeness (QED) is 0.358. The third kappa shape index (κ3) is 4.76. The summed E-state index contributed by atoms with van der Waals surface area (Å²) in [5.41, 5.74) is 3.43. The van der Waals surface area contributed by atoms with E-state index in [9.17, 15) is 4.79 Å². The summed E-state index contributed by atoms with van der Waals surface area (Å²) in [5, 5.41) is 6.18. The van der Waals surface area contributed by atoms with Gasteiger partial charge in [0.15, 0.2) is 6.10 Å². The Morgan fingerprint density at radius 1 is 1.11 bits per heavy atom. The van der Waals surface area contributed by atoms with E-state index in [1.165, 1.54) is 0 Å². The van der Waals surface area contributed by atoms with Crippen molar-refractivity contribution in [1.29, 1.82) is 0 Å². The molecule has 0 bridgehead atoms. The maximum absolute atomic E-state index is 12.5. The van der Waals surface area contributed by atoms with Gasteiger partial charge in [-0.25, -0.2) is 5.43 Å². The topological polar surface area (TPSA) is 50.7 Å². The molecular formula is C21H18Br2N2O2. The van der Waals surface area contributed by atoms with E-state index >= 15 is 0 Å². The Bertz CT molecular complexity index is 989. The average Bonchev–Trinajstić information content (AvgIpc) is 2.69. The lowest BCUT2D eigenvalue weighted by molar-refractivity contribution is -0.128. The van der Waals surface area contributed by atoms with E-state index in [-0.39, 0.29) is 5.91 Å². The predicted molar refractivity (Wildman–Crippen MR) is 116 cm³/mol. The van der Waals surface area contributed by atoms with Crippen LogP contribution in [0.3, 0.4) is 0 Å². The van der Waals surface area contributed by atoms with Gasteiger partial charge in [-0.15, -0.1) is 0 Å². The van der Waals surface area contributed by atoms with Crippen molar-refractivity contribution in [1.82, 2.24) is 5.43 Å². The van der Waals surface area contributed by atoms with Crippen LogP contribution in [0.5, 0.6) is 5.75 Å². The maximum atomic E-state index is 12.5. The molecule has 1 atom stereocenters. The van der Waals surface area contributed by atoms with Crippen LogP contribution in [0.1, 0.15) is 18.9 Å². The first-order chi connectivity index (χ1) is 13.1. The van der Waals surface area contributed by atoms with Gasteiger partial charge in [-0.05, 0) is 45.3 Å². The van der Waals surface area contributed by atoms with Gasteiger partial charge >= 0.3 is 0 Å². The summed E-state index contributed by atoms with van der Waals surface area (Å²) >= 11 is 7.03. The highest BCUT2D eigenvalue weighted by atomic mass is 79.9. The van der Waals surface area contributed by atoms with Crippen LogP contribution in [0.4, 0.5) is 0 Å². The largest absolute Gasteiger partial charge is 0.479 e. The van der Waals surface area contributed by atoms with Crippen LogP contribution in [0.25, 0.3) is 10.8 Å². The summed E-state index contributed by atoms with van der Waals surface area (Å²) in [7, 11) is 0. The van der Waals surface area contributed by atoms with Crippen molar-refractivity contribution in [2.24, 2.45) is 5.10 Å². The lowest BCUT2D eigenvalue weighted by Crippen LogP contribution is -2.35. The zero-order valence-corrected chi connectivity index (χ0v) is 17.8. The molecule has 0 aliphatic heterocycles. The Balaban J connectivity index is 1.71. The molecule has 27 heavy (non-hydrogen) atoms. The third-order valence-corrected chi connectivity index (χ3v) is 5.58. The summed E-state index contributed by atoms with van der Waals surface area (Å²) in [5.74, 6) is 0.339. The van der Waals surface area contributed by atoms with Gasteiger partial charge in [0.05, 0.1) is 10.7 Å². The second-order valence-electron chi connectivity index (χ2n) is 5.87. The summed E-state index contributed by atoms with van der Waals surface area (Å²) in [6.07, 6.45) is 1.48. The Labute approximate surface area is 174 Å². The van der Waals surface area contributed by atoms with E-state index in [1.807, 2.05) is 67.6 Å². The minimum absolute atomic E-state index is 0.291. The van der Waals surface area contributed by atoms with Gasteiger partial charge < -0.3 is 4.74 Å². The van der Waals surface area contributed by atoms with Gasteiger partial charge in [0, 0.05) is 10.0 Å². The Hall–Kier alpha value is -2.18. The van der Waals surface area contributed by atoms with E-state index in [1.54, 1.807) is 6.21 Å². The number of nitrogens with one attached hydrogen (secondary N) is 1. The molecule has 0 fully saturated rings. The monoisotopic (exact) mass is 488 g/mol. The Morgan fingerprint density at radius 2 is 1.85 bits per heavy atom. The lowest BCUT2D eigenvalue weighted by Gasteiger charge is -2.17. The zero-order chi connectivity index (χ0) is 19.2. The third-order valence-electron chi connectivity index (χ3n) is 4.04. The molecule has 3 aromatic rings. The lowest BCUT2D eigenvalue weighted by atomic mass is 10.1. The molecule has 4 nitrogen and oxygen atoms in total. The molecule has 0 unspecified atom stereocenters. The summed E-state index contributed by atoms with van der Waals surface area (Å²) in [4.78, 5) is 12.5. The number of hydrazone groups is 1. The molecule has 0 spiro atoms. The van der Waals surface area contributed by atoms with Crippen LogP contribution < -0.4 is 10.2 Å². The van der Waals surface area contributed by atoms with Crippen LogP contribution >= 0.6 is 31.9 Å². The van der Waals surface area contributed by atoms with Crippen molar-refractivity contribution in [3.05, 3.63) is 75.2 Å². The number of amides is 1. The molecule has 0 aromatic heterocycles. The molecule has 6 heteroatoms. The number of carbonyl (C=O) groups is 1. The van der Waals surface area contributed by atoms with E-state index < -0.39 is 6.10 Å². The highest BCUT2D eigenvalue weighted by Crippen LogP contribution is 2.33. The van der Waals surface area contributed by atoms with Gasteiger partial charge in [0.1, 0.15) is 5.75 Å². The second-order valence-corrected chi connectivity index (χ2v) is 7.52. The smallest absolute Gasteiger partial charge is 0.281 e. The van der Waals surface area contributed by atoms with Crippen LogP contribution in [-0.4, -0.2) is 18.2 Å². The van der Waals surface area contributed by atoms with E-state index in [0.29, 0.717) is 12.2 Å². The normalized spacial score (nSPS) is 12.3. The Kier molecular flexibility index (Phi) is 6.63. The number of halogens is 2. The van der Waals surface area contributed by atoms with Crippen molar-refractivity contribution in [2.45, 2.75) is 19.4 Å². The highest BCUT2D eigenvalue weighted by molar-refractivity contribution is 9.11. The van der Waals surface area contributed by atoms with Crippen LogP contribution in [0, 0.1) is 0 Å². The van der Waals surface area contributed by atoms with Crippen LogP contribution in [-0.2, 0) is 4.79 Å². The number of rotatable bonds is 6. The van der Waals surface area contributed by atoms with Crippen LogP contribution in [0.2, 0.25) is 0 Å². The van der Waals surface area contributed by atoms with Crippen molar-refractivity contribution in [3.8, 4) is 5.75 Å². The molecule has 0 aliphatic carbocycles. The summed E-state index contributed by atoms with van der Waals surface area (Å²) in [6, 6.07) is 19.5. The first-order valence-electron chi connectivity index (χ1n) is 8.51. The molecule has 138 valence electrons. The summed E-state index contributed by atoms with van der Waals surface area (Å²) < 4.78 is 7.69. The molecule has 0 aliphatic rings. The van der Waals surface area contributed by atoms with E-state index in [0.717, 1.165) is 25.3 Å². The molecular weight excluding hydrogens is 472 g/mol. The number of nitrogens with zero attached hydrogens (tertiary/aromatic N) is 1. The number of hydrogen-bond acceptors (Lipinski definition) is 3. The van der Waals surface area contributed by atoms with E-state index in [2.05, 4.69) is 42.4 Å². The molecule has 3 rings (SSSR count). The number of benzene rings is 3. The van der Waals surface area contributed by atoms with Gasteiger partial charge in [-0.2, -0.15) is 5.10 Å². The number of hydrogen-bond donors (Lipinski definition) is 1. The summed E-state index contributed by atoms with van der Waals surface area (Å²) in [6.45, 7) is 1.90. The standard InChI is InChI=1S/C21H18Br2N2O2/c1-2-18(21(26)25-24-13-15-8-4-6-10-17(15)22)27-19-12-11-14-7-3-5-9-16(14)20(19)23/h3-13,18H,2H2,1H3,(H,25,26)/b24-13-/t18-/m1/s1. The molecule has 0 saturated carbocycles. The molecule has 0 radical (unpaired) electrons. The van der Waals surface area contributed by atoms with Gasteiger partial charge in [-0.3, -0.25) is 4.79 Å². The molecule has 0 saturated heterocycles. The average molecular weight is 490 g/mol. The first kappa shape index (κ1) is 19.6. The fourth-order valence-corrected chi connectivity index (χ4v) is 3.57. The van der Waals surface area contributed by atoms with Gasteiger partial charge in [0.25, 0.3) is 5.91 Å². The highest BCUT2D eigenvalue weighted by Gasteiger charge is 2.19. The zero-order valence-electron chi connectivity index (χ0n) is 14.7. The molecule has 0 heterocycles. The maximum Gasteiger partial charge on any atom is 0.281 e. The Morgan fingerprint density at radius 3 is 2.63 bits per heavy atom. The number of carbonyl (C=O) groups excluding carboxylic acids is 1. The number of fused-ring (bicyclic) bond motifs is 1. The van der Waals surface area contributed by atoms with Crippen LogP contribution in [0.15, 0.2) is 74.7 Å². The van der Waals surface area contributed by atoms with Crippen molar-refractivity contribution >= 4 is 54.8 Å². The predicted octanol–water partition coefficient (Wildman–Crippen LogP) is 5.67. The molecule has 1 amide bonds. The SMILES string of the molecule is CC[C@@H](Oc1ccc2ccccc2c1Br)C(=O)N/N=C\c1ccccc1Br. The van der Waals surface area contributed by atoms with Crippen molar-refractivity contribution < 1.29 is 9.53 Å². The van der Waals surface area contributed by atoms with E-state index in [4.69, 9.17) is 4.74 Å². The van der Waals surface area contributed by atoms with Crippen molar-refractivity contribution in [3.63, 3.8) is 0 Å².